The molecule has 0 aliphatic rings. The summed E-state index contributed by atoms with van der Waals surface area (Å²) in [6.45, 7) is 2.11. The molecule has 2 aromatic rings. The van der Waals surface area contributed by atoms with Crippen molar-refractivity contribution in [2.45, 2.75) is 13.3 Å². The van der Waals surface area contributed by atoms with E-state index >= 15 is 0 Å². The summed E-state index contributed by atoms with van der Waals surface area (Å²) in [5.41, 5.74) is 9.30. The van der Waals surface area contributed by atoms with Gasteiger partial charge < -0.3 is 10.3 Å². The molecule has 0 unspecified atom stereocenters. The van der Waals surface area contributed by atoms with Crippen LogP contribution in [0.5, 0.6) is 0 Å². The molecular formula is C12H15N3. The molecule has 0 saturated carbocycles. The van der Waals surface area contributed by atoms with Crippen LogP contribution in [0.3, 0.4) is 0 Å². The van der Waals surface area contributed by atoms with Crippen LogP contribution in [0.1, 0.15) is 16.8 Å². The van der Waals surface area contributed by atoms with Crippen LogP contribution in [0.25, 0.3) is 0 Å². The quantitative estimate of drug-likeness (QED) is 0.806. The van der Waals surface area contributed by atoms with Gasteiger partial charge in [0.15, 0.2) is 5.95 Å². The molecule has 3 nitrogen and oxygen atoms in total. The number of hydrogen-bond donors (Lipinski definition) is 1. The molecule has 2 N–H and O–H groups in total. The van der Waals surface area contributed by atoms with Gasteiger partial charge in [-0.3, -0.25) is 0 Å². The number of nitrogens with zero attached hydrogens (tertiary/aromatic N) is 2. The van der Waals surface area contributed by atoms with Gasteiger partial charge in [0.1, 0.15) is 0 Å². The van der Waals surface area contributed by atoms with Crippen molar-refractivity contribution in [3.8, 4) is 0 Å². The highest BCUT2D eigenvalue weighted by molar-refractivity contribution is 5.31. The first-order chi connectivity index (χ1) is 7.16. The second-order valence-corrected chi connectivity index (χ2v) is 3.80. The fourth-order valence-corrected chi connectivity index (χ4v) is 1.63. The third-order valence-corrected chi connectivity index (χ3v) is 2.60. The van der Waals surface area contributed by atoms with E-state index in [0.29, 0.717) is 5.95 Å². The zero-order chi connectivity index (χ0) is 10.8. The van der Waals surface area contributed by atoms with Crippen LogP contribution in [0.2, 0.25) is 0 Å². The molecule has 0 saturated heterocycles. The molecule has 0 bridgehead atoms. The molecule has 1 aromatic heterocycles. The van der Waals surface area contributed by atoms with Crippen LogP contribution >= 0.6 is 0 Å². The highest BCUT2D eigenvalue weighted by Crippen LogP contribution is 2.13. The molecule has 0 spiro atoms. The molecule has 0 amide bonds. The van der Waals surface area contributed by atoms with E-state index in [4.69, 9.17) is 5.73 Å². The lowest BCUT2D eigenvalue weighted by atomic mass is 10.0. The number of rotatable bonds is 2. The van der Waals surface area contributed by atoms with Crippen molar-refractivity contribution in [1.29, 1.82) is 0 Å². The van der Waals surface area contributed by atoms with E-state index in [0.717, 1.165) is 12.1 Å². The minimum atomic E-state index is 0.568. The Labute approximate surface area is 89.6 Å². The summed E-state index contributed by atoms with van der Waals surface area (Å²) >= 11 is 0. The van der Waals surface area contributed by atoms with E-state index in [9.17, 15) is 0 Å². The SMILES string of the molecule is Cc1ccccc1Cc1cn(C)c(N)n1. The molecule has 2 rings (SSSR count). The van der Waals surface area contributed by atoms with Gasteiger partial charge in [-0.05, 0) is 18.1 Å². The number of benzene rings is 1. The minimum absolute atomic E-state index is 0.568. The first-order valence-corrected chi connectivity index (χ1v) is 4.99. The maximum atomic E-state index is 5.68. The van der Waals surface area contributed by atoms with Crippen molar-refractivity contribution in [3.05, 3.63) is 47.3 Å². The summed E-state index contributed by atoms with van der Waals surface area (Å²) in [6.07, 6.45) is 2.82. The molecule has 78 valence electrons. The molecule has 1 heterocycles. The van der Waals surface area contributed by atoms with Crippen molar-refractivity contribution < 1.29 is 0 Å². The maximum Gasteiger partial charge on any atom is 0.200 e. The van der Waals surface area contributed by atoms with E-state index in [2.05, 4.69) is 30.1 Å². The Morgan fingerprint density at radius 3 is 2.67 bits per heavy atom. The lowest BCUT2D eigenvalue weighted by molar-refractivity contribution is 0.928. The van der Waals surface area contributed by atoms with Crippen molar-refractivity contribution in [1.82, 2.24) is 9.55 Å². The molecule has 3 heteroatoms. The van der Waals surface area contributed by atoms with Crippen LogP contribution in [-0.4, -0.2) is 9.55 Å². The van der Waals surface area contributed by atoms with Gasteiger partial charge >= 0.3 is 0 Å². The Morgan fingerprint density at radius 2 is 2.07 bits per heavy atom. The van der Waals surface area contributed by atoms with Gasteiger partial charge in [0.05, 0.1) is 5.69 Å². The largest absolute Gasteiger partial charge is 0.369 e. The Hall–Kier alpha value is -1.77. The summed E-state index contributed by atoms with van der Waals surface area (Å²) in [7, 11) is 1.91. The first-order valence-electron chi connectivity index (χ1n) is 4.99. The second kappa shape index (κ2) is 3.77. The molecule has 0 radical (unpaired) electrons. The molecule has 0 aliphatic heterocycles. The van der Waals surface area contributed by atoms with Gasteiger partial charge in [0.25, 0.3) is 0 Å². The Kier molecular flexibility index (Phi) is 2.46. The number of aryl methyl sites for hydroxylation is 2. The van der Waals surface area contributed by atoms with Gasteiger partial charge in [0.2, 0.25) is 0 Å². The van der Waals surface area contributed by atoms with E-state index < -0.39 is 0 Å². The minimum Gasteiger partial charge on any atom is -0.369 e. The normalized spacial score (nSPS) is 10.5. The van der Waals surface area contributed by atoms with Gasteiger partial charge in [0, 0.05) is 19.7 Å². The summed E-state index contributed by atoms with van der Waals surface area (Å²) in [5, 5.41) is 0. The number of hydrogen-bond acceptors (Lipinski definition) is 2. The summed E-state index contributed by atoms with van der Waals surface area (Å²) in [6, 6.07) is 8.34. The highest BCUT2D eigenvalue weighted by atomic mass is 15.1. The molecule has 0 aliphatic carbocycles. The lowest BCUT2D eigenvalue weighted by Crippen LogP contribution is -1.95. The lowest BCUT2D eigenvalue weighted by Gasteiger charge is -2.01. The number of aromatic nitrogens is 2. The van der Waals surface area contributed by atoms with Gasteiger partial charge in [-0.25, -0.2) is 4.98 Å². The predicted octanol–water partition coefficient (Wildman–Crippen LogP) is 1.90. The average Bonchev–Trinajstić information content (AvgIpc) is 2.50. The monoisotopic (exact) mass is 201 g/mol. The maximum absolute atomic E-state index is 5.68. The molecule has 1 aromatic carbocycles. The highest BCUT2D eigenvalue weighted by Gasteiger charge is 2.04. The third kappa shape index (κ3) is 2.01. The van der Waals surface area contributed by atoms with Crippen LogP contribution in [-0.2, 0) is 13.5 Å². The van der Waals surface area contributed by atoms with Crippen molar-refractivity contribution in [3.63, 3.8) is 0 Å². The van der Waals surface area contributed by atoms with Gasteiger partial charge in [-0.1, -0.05) is 24.3 Å². The standard InChI is InChI=1S/C12H15N3/c1-9-5-3-4-6-10(9)7-11-8-15(2)12(13)14-11/h3-6,8H,7H2,1-2H3,(H2,13,14). The van der Waals surface area contributed by atoms with Gasteiger partial charge in [-0.2, -0.15) is 0 Å². The second-order valence-electron chi connectivity index (χ2n) is 3.80. The van der Waals surface area contributed by atoms with E-state index in [1.165, 1.54) is 11.1 Å². The van der Waals surface area contributed by atoms with E-state index in [1.807, 2.05) is 23.9 Å². The van der Waals surface area contributed by atoms with E-state index in [-0.39, 0.29) is 0 Å². The van der Waals surface area contributed by atoms with Crippen LogP contribution < -0.4 is 5.73 Å². The van der Waals surface area contributed by atoms with Crippen molar-refractivity contribution >= 4 is 5.95 Å². The molecule has 15 heavy (non-hydrogen) atoms. The van der Waals surface area contributed by atoms with Crippen LogP contribution in [0.4, 0.5) is 5.95 Å². The van der Waals surface area contributed by atoms with Crippen LogP contribution in [0, 0.1) is 6.92 Å². The Bertz CT molecular complexity index is 452. The topological polar surface area (TPSA) is 43.8 Å². The Morgan fingerprint density at radius 1 is 1.33 bits per heavy atom. The molecule has 0 atom stereocenters. The average molecular weight is 201 g/mol. The van der Waals surface area contributed by atoms with E-state index in [1.54, 1.807) is 0 Å². The zero-order valence-electron chi connectivity index (χ0n) is 9.07. The van der Waals surface area contributed by atoms with Crippen molar-refractivity contribution in [2.24, 2.45) is 7.05 Å². The zero-order valence-corrected chi connectivity index (χ0v) is 9.07. The third-order valence-electron chi connectivity index (χ3n) is 2.60. The van der Waals surface area contributed by atoms with Gasteiger partial charge in [-0.15, -0.1) is 0 Å². The fraction of sp³-hybridized carbons (Fsp3) is 0.250. The predicted molar refractivity (Wildman–Crippen MR) is 61.6 cm³/mol. The number of anilines is 1. The molecular weight excluding hydrogens is 186 g/mol. The first kappa shape index (κ1) is 9.77. The van der Waals surface area contributed by atoms with Crippen molar-refractivity contribution in [2.75, 3.05) is 5.73 Å². The number of nitrogen functional groups attached to an aromatic ring is 1. The Balaban J connectivity index is 2.26. The smallest absolute Gasteiger partial charge is 0.200 e. The fourth-order valence-electron chi connectivity index (χ4n) is 1.63. The summed E-state index contributed by atoms with van der Waals surface area (Å²) < 4.78 is 1.84. The number of imidazole rings is 1. The summed E-state index contributed by atoms with van der Waals surface area (Å²) in [4.78, 5) is 4.29. The van der Waals surface area contributed by atoms with Crippen LogP contribution in [0.15, 0.2) is 30.5 Å². The molecule has 0 fully saturated rings. The number of nitrogens with two attached hydrogens (primary N) is 1. The summed E-state index contributed by atoms with van der Waals surface area (Å²) in [5.74, 6) is 0.568.